The predicted molar refractivity (Wildman–Crippen MR) is 51.6 cm³/mol. The SMILES string of the molecule is C=CCC1(C(=O)O)CCN(C)CC1. The summed E-state index contributed by atoms with van der Waals surface area (Å²) in [4.78, 5) is 13.3. The third-order valence-electron chi connectivity index (χ3n) is 2.93. The van der Waals surface area contributed by atoms with Crippen molar-refractivity contribution in [2.24, 2.45) is 5.41 Å². The van der Waals surface area contributed by atoms with E-state index in [1.54, 1.807) is 6.08 Å². The van der Waals surface area contributed by atoms with Gasteiger partial charge >= 0.3 is 5.97 Å². The van der Waals surface area contributed by atoms with Gasteiger partial charge in [0.2, 0.25) is 0 Å². The molecular formula is C10H17NO2. The standard InChI is InChI=1S/C10H17NO2/c1-3-4-10(9(12)13)5-7-11(2)8-6-10/h3H,1,4-8H2,2H3,(H,12,13). The predicted octanol–water partition coefficient (Wildman–Crippen LogP) is 1.36. The molecule has 0 spiro atoms. The largest absolute Gasteiger partial charge is 0.481 e. The van der Waals surface area contributed by atoms with E-state index in [2.05, 4.69) is 11.5 Å². The van der Waals surface area contributed by atoms with Gasteiger partial charge in [-0.3, -0.25) is 4.79 Å². The van der Waals surface area contributed by atoms with Gasteiger partial charge in [0.25, 0.3) is 0 Å². The van der Waals surface area contributed by atoms with E-state index < -0.39 is 11.4 Å². The van der Waals surface area contributed by atoms with E-state index in [0.29, 0.717) is 6.42 Å². The molecule has 0 aromatic carbocycles. The Kier molecular flexibility index (Phi) is 3.09. The average molecular weight is 183 g/mol. The number of carboxylic acids is 1. The van der Waals surface area contributed by atoms with Gasteiger partial charge in [-0.05, 0) is 39.4 Å². The van der Waals surface area contributed by atoms with Gasteiger partial charge in [0, 0.05) is 0 Å². The van der Waals surface area contributed by atoms with Crippen molar-refractivity contribution < 1.29 is 9.90 Å². The highest BCUT2D eigenvalue weighted by Crippen LogP contribution is 2.35. The first-order valence-electron chi connectivity index (χ1n) is 4.63. The lowest BCUT2D eigenvalue weighted by molar-refractivity contribution is -0.151. The summed E-state index contributed by atoms with van der Waals surface area (Å²) in [6.07, 6.45) is 3.80. The first-order valence-corrected chi connectivity index (χ1v) is 4.63. The maximum atomic E-state index is 11.1. The van der Waals surface area contributed by atoms with E-state index in [-0.39, 0.29) is 0 Å². The molecule has 1 aliphatic heterocycles. The molecule has 1 fully saturated rings. The Labute approximate surface area is 79.0 Å². The van der Waals surface area contributed by atoms with Crippen LogP contribution in [-0.2, 0) is 4.79 Å². The summed E-state index contributed by atoms with van der Waals surface area (Å²) in [5.74, 6) is -0.666. The maximum Gasteiger partial charge on any atom is 0.310 e. The Bertz CT molecular complexity index is 205. The van der Waals surface area contributed by atoms with E-state index in [1.807, 2.05) is 7.05 Å². The second-order valence-corrected chi connectivity index (χ2v) is 3.88. The minimum Gasteiger partial charge on any atom is -0.481 e. The number of carbonyl (C=O) groups is 1. The molecule has 0 aliphatic carbocycles. The smallest absolute Gasteiger partial charge is 0.310 e. The first kappa shape index (κ1) is 10.3. The monoisotopic (exact) mass is 183 g/mol. The number of hydrogen-bond donors (Lipinski definition) is 1. The van der Waals surface area contributed by atoms with E-state index >= 15 is 0 Å². The second kappa shape index (κ2) is 3.92. The summed E-state index contributed by atoms with van der Waals surface area (Å²) < 4.78 is 0. The number of piperidine rings is 1. The lowest BCUT2D eigenvalue weighted by Crippen LogP contribution is -2.42. The molecule has 3 heteroatoms. The summed E-state index contributed by atoms with van der Waals surface area (Å²) in [7, 11) is 2.03. The number of carboxylic acid groups (broad SMARTS) is 1. The summed E-state index contributed by atoms with van der Waals surface area (Å²) in [6.45, 7) is 5.37. The molecule has 0 amide bonds. The normalized spacial score (nSPS) is 22.5. The Balaban J connectivity index is 2.68. The molecule has 0 radical (unpaired) electrons. The summed E-state index contributed by atoms with van der Waals surface area (Å²) in [5, 5.41) is 9.14. The number of hydrogen-bond acceptors (Lipinski definition) is 2. The van der Waals surface area contributed by atoms with Crippen LogP contribution in [0.1, 0.15) is 19.3 Å². The highest BCUT2D eigenvalue weighted by molar-refractivity contribution is 5.75. The van der Waals surface area contributed by atoms with Crippen molar-refractivity contribution in [2.45, 2.75) is 19.3 Å². The van der Waals surface area contributed by atoms with Crippen molar-refractivity contribution in [1.29, 1.82) is 0 Å². The zero-order chi connectivity index (χ0) is 9.90. The number of nitrogens with zero attached hydrogens (tertiary/aromatic N) is 1. The van der Waals surface area contributed by atoms with Crippen molar-refractivity contribution in [3.05, 3.63) is 12.7 Å². The van der Waals surface area contributed by atoms with Crippen LogP contribution >= 0.6 is 0 Å². The molecule has 1 N–H and O–H groups in total. The van der Waals surface area contributed by atoms with E-state index in [4.69, 9.17) is 5.11 Å². The molecule has 1 saturated heterocycles. The van der Waals surface area contributed by atoms with E-state index in [9.17, 15) is 4.79 Å². The summed E-state index contributed by atoms with van der Waals surface area (Å²) >= 11 is 0. The van der Waals surface area contributed by atoms with Gasteiger partial charge in [-0.25, -0.2) is 0 Å². The molecular weight excluding hydrogens is 166 g/mol. The molecule has 1 heterocycles. The number of likely N-dealkylation sites (tertiary alicyclic amines) is 1. The van der Waals surface area contributed by atoms with Gasteiger partial charge in [-0.1, -0.05) is 6.08 Å². The third kappa shape index (κ3) is 2.10. The molecule has 0 bridgehead atoms. The zero-order valence-corrected chi connectivity index (χ0v) is 8.12. The molecule has 1 rings (SSSR count). The van der Waals surface area contributed by atoms with Crippen LogP contribution in [-0.4, -0.2) is 36.1 Å². The first-order chi connectivity index (χ1) is 6.10. The molecule has 0 unspecified atom stereocenters. The summed E-state index contributed by atoms with van der Waals surface area (Å²) in [6, 6.07) is 0. The van der Waals surface area contributed by atoms with Crippen LogP contribution in [0.5, 0.6) is 0 Å². The molecule has 0 aromatic rings. The number of allylic oxidation sites excluding steroid dienone is 1. The van der Waals surface area contributed by atoms with Gasteiger partial charge in [0.05, 0.1) is 5.41 Å². The van der Waals surface area contributed by atoms with Crippen LogP contribution in [0.15, 0.2) is 12.7 Å². The fourth-order valence-corrected chi connectivity index (χ4v) is 1.83. The van der Waals surface area contributed by atoms with Crippen LogP contribution in [0.4, 0.5) is 0 Å². The third-order valence-corrected chi connectivity index (χ3v) is 2.93. The Morgan fingerprint density at radius 3 is 2.54 bits per heavy atom. The fourth-order valence-electron chi connectivity index (χ4n) is 1.83. The van der Waals surface area contributed by atoms with Crippen molar-refractivity contribution in [3.8, 4) is 0 Å². The van der Waals surface area contributed by atoms with Crippen molar-refractivity contribution in [1.82, 2.24) is 4.90 Å². The lowest BCUT2D eigenvalue weighted by atomic mass is 9.76. The zero-order valence-electron chi connectivity index (χ0n) is 8.12. The van der Waals surface area contributed by atoms with Gasteiger partial charge in [0.1, 0.15) is 0 Å². The highest BCUT2D eigenvalue weighted by atomic mass is 16.4. The van der Waals surface area contributed by atoms with Crippen molar-refractivity contribution in [2.75, 3.05) is 20.1 Å². The Morgan fingerprint density at radius 1 is 1.62 bits per heavy atom. The van der Waals surface area contributed by atoms with Crippen molar-refractivity contribution >= 4 is 5.97 Å². The average Bonchev–Trinajstić information content (AvgIpc) is 2.09. The quantitative estimate of drug-likeness (QED) is 0.672. The van der Waals surface area contributed by atoms with Crippen LogP contribution in [0.2, 0.25) is 0 Å². The molecule has 1 aliphatic rings. The maximum absolute atomic E-state index is 11.1. The second-order valence-electron chi connectivity index (χ2n) is 3.88. The van der Waals surface area contributed by atoms with E-state index in [1.165, 1.54) is 0 Å². The van der Waals surface area contributed by atoms with Crippen LogP contribution in [0.3, 0.4) is 0 Å². The van der Waals surface area contributed by atoms with Crippen molar-refractivity contribution in [3.63, 3.8) is 0 Å². The Hall–Kier alpha value is -0.830. The summed E-state index contributed by atoms with van der Waals surface area (Å²) in [5.41, 5.74) is -0.533. The topological polar surface area (TPSA) is 40.5 Å². The highest BCUT2D eigenvalue weighted by Gasteiger charge is 2.39. The molecule has 3 nitrogen and oxygen atoms in total. The molecule has 13 heavy (non-hydrogen) atoms. The molecule has 0 atom stereocenters. The molecule has 0 aromatic heterocycles. The molecule has 0 saturated carbocycles. The number of aliphatic carboxylic acids is 1. The molecule has 74 valence electrons. The lowest BCUT2D eigenvalue weighted by Gasteiger charge is -2.36. The van der Waals surface area contributed by atoms with Crippen LogP contribution in [0, 0.1) is 5.41 Å². The minimum atomic E-state index is -0.666. The fraction of sp³-hybridized carbons (Fsp3) is 0.700. The van der Waals surface area contributed by atoms with Crippen LogP contribution in [0.25, 0.3) is 0 Å². The van der Waals surface area contributed by atoms with Crippen LogP contribution < -0.4 is 0 Å². The minimum absolute atomic E-state index is 0.533. The number of rotatable bonds is 3. The van der Waals surface area contributed by atoms with Gasteiger partial charge < -0.3 is 10.0 Å². The van der Waals surface area contributed by atoms with Gasteiger partial charge in [0.15, 0.2) is 0 Å². The van der Waals surface area contributed by atoms with Gasteiger partial charge in [-0.15, -0.1) is 6.58 Å². The van der Waals surface area contributed by atoms with Gasteiger partial charge in [-0.2, -0.15) is 0 Å². The van der Waals surface area contributed by atoms with E-state index in [0.717, 1.165) is 25.9 Å². The Morgan fingerprint density at radius 2 is 2.15 bits per heavy atom.